The smallest absolute Gasteiger partial charge is 0.273 e. The Morgan fingerprint density at radius 2 is 1.93 bits per heavy atom. The molecule has 0 saturated carbocycles. The number of amides is 1. The Hall–Kier alpha value is -2.45. The average Bonchev–Trinajstić information content (AvgIpc) is 3.09. The number of aromatic nitrogens is 2. The largest absolute Gasteiger partial charge is 0.353 e. The Balaban J connectivity index is 1.37. The molecule has 3 heterocycles. The van der Waals surface area contributed by atoms with Crippen LogP contribution in [0.2, 0.25) is 0 Å². The van der Waals surface area contributed by atoms with E-state index in [9.17, 15) is 14.4 Å². The van der Waals surface area contributed by atoms with Crippen LogP contribution in [0.3, 0.4) is 0 Å². The molecule has 2 saturated heterocycles. The number of nitrogens with zero attached hydrogens (tertiary/aromatic N) is 1. The molecule has 1 amide bonds. The number of fused-ring (bicyclic) bond motifs is 1. The molecule has 0 radical (unpaired) electrons. The van der Waals surface area contributed by atoms with Gasteiger partial charge in [0.05, 0.1) is 23.4 Å². The number of hydrogen-bond donors (Lipinski definition) is 4. The average molecular weight is 371 g/mol. The van der Waals surface area contributed by atoms with Crippen molar-refractivity contribution in [2.75, 3.05) is 26.2 Å². The monoisotopic (exact) mass is 371 g/mol. The van der Waals surface area contributed by atoms with E-state index in [-0.39, 0.29) is 35.0 Å². The minimum Gasteiger partial charge on any atom is -0.353 e. The van der Waals surface area contributed by atoms with E-state index in [0.29, 0.717) is 17.3 Å². The minimum absolute atomic E-state index is 0.0402. The summed E-state index contributed by atoms with van der Waals surface area (Å²) in [5, 5.41) is 13.0. The highest BCUT2D eigenvalue weighted by Gasteiger charge is 2.41. The highest BCUT2D eigenvalue weighted by Crippen LogP contribution is 2.37. The maximum Gasteiger partial charge on any atom is 0.273 e. The van der Waals surface area contributed by atoms with Crippen LogP contribution in [0.25, 0.3) is 10.8 Å². The Bertz CT molecular complexity index is 958. The molecule has 27 heavy (non-hydrogen) atoms. The molecule has 4 rings (SSSR count). The van der Waals surface area contributed by atoms with Crippen molar-refractivity contribution in [3.05, 3.63) is 45.0 Å². The van der Waals surface area contributed by atoms with Gasteiger partial charge in [-0.2, -0.15) is 0 Å². The molecule has 2 aliphatic heterocycles. The standard InChI is InChI=1S/C19H25N5O3/c25-16-13-3-1-2-4-14(13)18(27)24(23-16)10-9-21-17(26)15-11-19(12-22-15)5-7-20-8-6-19/h1-4,15,20,22H,5-12H2,(H,21,26)(H,23,25)/t15-/m1/s1. The Morgan fingerprint density at radius 1 is 1.19 bits per heavy atom. The molecule has 1 spiro atoms. The van der Waals surface area contributed by atoms with E-state index >= 15 is 0 Å². The van der Waals surface area contributed by atoms with Gasteiger partial charge in [-0.3, -0.25) is 19.5 Å². The Morgan fingerprint density at radius 3 is 2.70 bits per heavy atom. The van der Waals surface area contributed by atoms with Crippen LogP contribution in [0.4, 0.5) is 0 Å². The molecular formula is C19H25N5O3. The summed E-state index contributed by atoms with van der Waals surface area (Å²) in [5.41, 5.74) is -0.331. The molecule has 0 aliphatic carbocycles. The molecule has 144 valence electrons. The zero-order chi connectivity index (χ0) is 18.9. The number of H-pyrrole nitrogens is 1. The molecule has 2 aliphatic rings. The summed E-state index contributed by atoms with van der Waals surface area (Å²) >= 11 is 0. The van der Waals surface area contributed by atoms with E-state index in [1.807, 2.05) is 0 Å². The van der Waals surface area contributed by atoms with Crippen LogP contribution in [-0.4, -0.2) is 47.9 Å². The van der Waals surface area contributed by atoms with Crippen molar-refractivity contribution < 1.29 is 4.79 Å². The number of nitrogens with one attached hydrogen (secondary N) is 4. The van der Waals surface area contributed by atoms with Crippen molar-refractivity contribution in [3.8, 4) is 0 Å². The molecule has 1 atom stereocenters. The molecular weight excluding hydrogens is 346 g/mol. The second-order valence-corrected chi connectivity index (χ2v) is 7.62. The fourth-order valence-corrected chi connectivity index (χ4v) is 4.26. The minimum atomic E-state index is -0.304. The van der Waals surface area contributed by atoms with Gasteiger partial charge in [-0.05, 0) is 49.9 Å². The quantitative estimate of drug-likeness (QED) is 0.582. The molecule has 8 nitrogen and oxygen atoms in total. The molecule has 2 fully saturated rings. The Kier molecular flexibility index (Phi) is 4.84. The summed E-state index contributed by atoms with van der Waals surface area (Å²) in [5.74, 6) is -0.0402. The van der Waals surface area contributed by atoms with Crippen molar-refractivity contribution in [2.24, 2.45) is 5.41 Å². The molecule has 1 aromatic carbocycles. The van der Waals surface area contributed by atoms with Crippen LogP contribution in [0.1, 0.15) is 19.3 Å². The number of benzene rings is 1. The number of rotatable bonds is 4. The maximum atomic E-state index is 12.5. The number of carbonyl (C=O) groups excluding carboxylic acids is 1. The van der Waals surface area contributed by atoms with Crippen LogP contribution < -0.4 is 27.1 Å². The van der Waals surface area contributed by atoms with Crippen molar-refractivity contribution in [2.45, 2.75) is 31.8 Å². The fraction of sp³-hybridized carbons (Fsp3) is 0.526. The molecule has 0 bridgehead atoms. The van der Waals surface area contributed by atoms with Crippen molar-refractivity contribution in [1.82, 2.24) is 25.7 Å². The lowest BCUT2D eigenvalue weighted by Gasteiger charge is -2.33. The van der Waals surface area contributed by atoms with E-state index < -0.39 is 0 Å². The SMILES string of the molecule is O=C(NCCn1[nH]c(=O)c2ccccc2c1=O)[C@H]1CC2(CCNCC2)CN1. The van der Waals surface area contributed by atoms with Gasteiger partial charge in [0.1, 0.15) is 0 Å². The molecule has 8 heteroatoms. The first kappa shape index (κ1) is 17.9. The van der Waals surface area contributed by atoms with Gasteiger partial charge in [0.2, 0.25) is 5.91 Å². The van der Waals surface area contributed by atoms with Crippen LogP contribution in [-0.2, 0) is 11.3 Å². The summed E-state index contributed by atoms with van der Waals surface area (Å²) in [6.45, 7) is 3.42. The third kappa shape index (κ3) is 3.54. The summed E-state index contributed by atoms with van der Waals surface area (Å²) < 4.78 is 1.27. The first-order valence-corrected chi connectivity index (χ1v) is 9.52. The highest BCUT2D eigenvalue weighted by molar-refractivity contribution is 5.82. The van der Waals surface area contributed by atoms with Gasteiger partial charge in [0, 0.05) is 13.1 Å². The van der Waals surface area contributed by atoms with Crippen molar-refractivity contribution in [3.63, 3.8) is 0 Å². The van der Waals surface area contributed by atoms with Crippen molar-refractivity contribution in [1.29, 1.82) is 0 Å². The number of hydrogen-bond acceptors (Lipinski definition) is 5. The van der Waals surface area contributed by atoms with Gasteiger partial charge in [-0.25, -0.2) is 4.68 Å². The predicted octanol–water partition coefficient (Wildman–Crippen LogP) is -0.462. The zero-order valence-electron chi connectivity index (χ0n) is 15.2. The summed E-state index contributed by atoms with van der Waals surface area (Å²) in [6.07, 6.45) is 3.04. The van der Waals surface area contributed by atoms with Crippen LogP contribution in [0.15, 0.2) is 33.9 Å². The predicted molar refractivity (Wildman–Crippen MR) is 103 cm³/mol. The summed E-state index contributed by atoms with van der Waals surface area (Å²) in [4.78, 5) is 37.1. The fourth-order valence-electron chi connectivity index (χ4n) is 4.26. The third-order valence-electron chi connectivity index (χ3n) is 5.86. The van der Waals surface area contributed by atoms with E-state index in [1.54, 1.807) is 24.3 Å². The molecule has 4 N–H and O–H groups in total. The van der Waals surface area contributed by atoms with Gasteiger partial charge in [-0.15, -0.1) is 0 Å². The second kappa shape index (κ2) is 7.28. The number of piperidine rings is 1. The maximum absolute atomic E-state index is 12.5. The van der Waals surface area contributed by atoms with E-state index in [2.05, 4.69) is 21.0 Å². The third-order valence-corrected chi connectivity index (χ3v) is 5.86. The van der Waals surface area contributed by atoms with Gasteiger partial charge >= 0.3 is 0 Å². The normalized spacial score (nSPS) is 21.6. The second-order valence-electron chi connectivity index (χ2n) is 7.62. The molecule has 1 aromatic heterocycles. The topological polar surface area (TPSA) is 108 Å². The first-order valence-electron chi connectivity index (χ1n) is 9.52. The van der Waals surface area contributed by atoms with Gasteiger partial charge in [0.25, 0.3) is 11.1 Å². The zero-order valence-corrected chi connectivity index (χ0v) is 15.2. The summed E-state index contributed by atoms with van der Waals surface area (Å²) in [6, 6.07) is 6.55. The lowest BCUT2D eigenvalue weighted by Crippen LogP contribution is -2.42. The van der Waals surface area contributed by atoms with E-state index in [4.69, 9.17) is 0 Å². The first-order chi connectivity index (χ1) is 13.1. The summed E-state index contributed by atoms with van der Waals surface area (Å²) in [7, 11) is 0. The molecule has 0 unspecified atom stereocenters. The van der Waals surface area contributed by atoms with Crippen LogP contribution in [0.5, 0.6) is 0 Å². The lowest BCUT2D eigenvalue weighted by molar-refractivity contribution is -0.123. The van der Waals surface area contributed by atoms with Gasteiger partial charge in [0.15, 0.2) is 0 Å². The lowest BCUT2D eigenvalue weighted by atomic mass is 9.77. The Labute approximate surface area is 156 Å². The van der Waals surface area contributed by atoms with Crippen molar-refractivity contribution >= 4 is 16.7 Å². The number of aromatic amines is 1. The highest BCUT2D eigenvalue weighted by atomic mass is 16.2. The van der Waals surface area contributed by atoms with Gasteiger partial charge < -0.3 is 16.0 Å². The number of carbonyl (C=O) groups is 1. The van der Waals surface area contributed by atoms with E-state index in [1.165, 1.54) is 4.68 Å². The van der Waals surface area contributed by atoms with E-state index in [0.717, 1.165) is 38.9 Å². The van der Waals surface area contributed by atoms with Crippen LogP contribution in [0, 0.1) is 5.41 Å². The molecule has 2 aromatic rings. The van der Waals surface area contributed by atoms with Gasteiger partial charge in [-0.1, -0.05) is 12.1 Å². The van der Waals surface area contributed by atoms with Crippen LogP contribution >= 0.6 is 0 Å².